The van der Waals surface area contributed by atoms with Gasteiger partial charge >= 0.3 is 16.4 Å². The van der Waals surface area contributed by atoms with E-state index in [1.165, 1.54) is 0 Å². The van der Waals surface area contributed by atoms with Gasteiger partial charge in [-0.25, -0.2) is 8.98 Å². The molecule has 0 radical (unpaired) electrons. The van der Waals surface area contributed by atoms with Gasteiger partial charge in [0.05, 0.1) is 0 Å². The molecule has 2 rings (SSSR count). The second kappa shape index (κ2) is 10.6. The summed E-state index contributed by atoms with van der Waals surface area (Å²) < 4.78 is 61.0. The molecule has 32 heavy (non-hydrogen) atoms. The maximum absolute atomic E-state index is 11.6. The predicted molar refractivity (Wildman–Crippen MR) is 95.9 cm³/mol. The van der Waals surface area contributed by atoms with Crippen molar-refractivity contribution < 1.29 is 70.9 Å². The highest BCUT2D eigenvalue weighted by Gasteiger charge is 2.54. The largest absolute Gasteiger partial charge is 0.479 e. The van der Waals surface area contributed by atoms with Crippen molar-refractivity contribution in [1.82, 2.24) is 5.32 Å². The fourth-order valence-corrected chi connectivity index (χ4v) is 3.74. The van der Waals surface area contributed by atoms with E-state index in [1.54, 1.807) is 0 Å². The summed E-state index contributed by atoms with van der Waals surface area (Å²) in [4.78, 5) is 23.1. The van der Waals surface area contributed by atoms with Gasteiger partial charge in [-0.15, -0.1) is 0 Å². The second-order valence-electron chi connectivity index (χ2n) is 6.89. The van der Waals surface area contributed by atoms with Crippen molar-refractivity contribution in [3.63, 3.8) is 0 Å². The summed E-state index contributed by atoms with van der Waals surface area (Å²) in [5.74, 6) is -2.23. The third-order valence-electron chi connectivity index (χ3n) is 4.70. The van der Waals surface area contributed by atoms with E-state index in [4.69, 9.17) is 28.2 Å². The molecule has 186 valence electrons. The Morgan fingerprint density at radius 2 is 1.53 bits per heavy atom. The van der Waals surface area contributed by atoms with Crippen molar-refractivity contribution >= 4 is 22.3 Å². The molecular formula is C15H25NO15S. The first-order valence-electron chi connectivity index (χ1n) is 9.02. The number of rotatable bonds is 8. The Morgan fingerprint density at radius 3 is 2.00 bits per heavy atom. The number of aliphatic hydroxyl groups excluding tert-OH is 3. The van der Waals surface area contributed by atoms with Gasteiger partial charge in [-0.3, -0.25) is 9.35 Å². The summed E-state index contributed by atoms with van der Waals surface area (Å²) in [6.07, 6.45) is -16.3. The summed E-state index contributed by atoms with van der Waals surface area (Å²) >= 11 is 0. The Balaban J connectivity index is 2.37. The molecule has 0 aromatic heterocycles. The maximum Gasteiger partial charge on any atom is 0.399 e. The monoisotopic (exact) mass is 491 g/mol. The predicted octanol–water partition coefficient (Wildman–Crippen LogP) is -4.07. The van der Waals surface area contributed by atoms with E-state index in [0.29, 0.717) is 0 Å². The molecule has 0 aliphatic carbocycles. The number of aliphatic carboxylic acids is 1. The number of nitrogens with one attached hydrogen (secondary N) is 1. The molecule has 16 nitrogen and oxygen atoms in total. The third-order valence-corrected chi connectivity index (χ3v) is 5.13. The molecule has 2 aliphatic rings. The van der Waals surface area contributed by atoms with E-state index in [0.717, 1.165) is 21.1 Å². The van der Waals surface area contributed by atoms with Crippen molar-refractivity contribution in [2.24, 2.45) is 0 Å². The van der Waals surface area contributed by atoms with Crippen LogP contribution in [0.5, 0.6) is 0 Å². The van der Waals surface area contributed by atoms with E-state index < -0.39 is 83.8 Å². The van der Waals surface area contributed by atoms with E-state index >= 15 is 0 Å². The molecule has 2 fully saturated rings. The van der Waals surface area contributed by atoms with E-state index in [2.05, 4.69) is 9.50 Å². The molecule has 0 spiro atoms. The lowest BCUT2D eigenvalue weighted by molar-refractivity contribution is -0.353. The highest BCUT2D eigenvalue weighted by Crippen LogP contribution is 2.31. The van der Waals surface area contributed by atoms with Gasteiger partial charge in [0.2, 0.25) is 12.2 Å². The van der Waals surface area contributed by atoms with Crippen molar-refractivity contribution in [3.8, 4) is 0 Å². The van der Waals surface area contributed by atoms with E-state index in [9.17, 15) is 38.4 Å². The Hall–Kier alpha value is -1.51. The number of methoxy groups -OCH3 is 2. The lowest BCUT2D eigenvalue weighted by Gasteiger charge is -2.46. The zero-order valence-electron chi connectivity index (χ0n) is 17.0. The van der Waals surface area contributed by atoms with Crippen LogP contribution in [0.25, 0.3) is 0 Å². The van der Waals surface area contributed by atoms with Gasteiger partial charge in [-0.05, 0) is 0 Å². The lowest BCUT2D eigenvalue weighted by Crippen LogP contribution is -2.68. The van der Waals surface area contributed by atoms with Crippen LogP contribution in [0.4, 0.5) is 0 Å². The molecule has 1 amide bonds. The average Bonchev–Trinajstić information content (AvgIpc) is 2.68. The summed E-state index contributed by atoms with van der Waals surface area (Å²) in [5.41, 5.74) is 0. The molecule has 0 saturated carbocycles. The fraction of sp³-hybridized carbons (Fsp3) is 0.867. The number of amides is 1. The number of aliphatic hydroxyl groups is 3. The average molecular weight is 491 g/mol. The highest BCUT2D eigenvalue weighted by molar-refractivity contribution is 7.80. The zero-order valence-corrected chi connectivity index (χ0v) is 17.8. The number of hydrogen-bond donors (Lipinski definition) is 6. The van der Waals surface area contributed by atoms with Gasteiger partial charge in [0.25, 0.3) is 0 Å². The molecule has 0 aromatic rings. The minimum Gasteiger partial charge on any atom is -0.479 e. The molecule has 2 aliphatic heterocycles. The molecule has 2 heterocycles. The number of carboxylic acid groups (broad SMARTS) is 1. The van der Waals surface area contributed by atoms with Crippen LogP contribution < -0.4 is 5.32 Å². The first-order valence-corrected chi connectivity index (χ1v) is 10.4. The molecular weight excluding hydrogens is 466 g/mol. The van der Waals surface area contributed by atoms with Crippen LogP contribution in [-0.4, -0.2) is 121 Å². The van der Waals surface area contributed by atoms with Gasteiger partial charge in [0.15, 0.2) is 18.7 Å². The molecule has 6 N–H and O–H groups in total. The van der Waals surface area contributed by atoms with Crippen LogP contribution in [-0.2, 0) is 47.9 Å². The van der Waals surface area contributed by atoms with Gasteiger partial charge < -0.3 is 49.4 Å². The number of carboxylic acids is 1. The SMILES string of the molecule is CO[C@@H]1OC(OS(=O)(=O)O)C(O)C(O[C@@H]2O[C@@H](C(=O)O)[C@@H](OC)C(O)C2O)C1NC(C)=O. The van der Waals surface area contributed by atoms with Gasteiger partial charge in [0, 0.05) is 21.1 Å². The molecule has 10 atom stereocenters. The van der Waals surface area contributed by atoms with Crippen molar-refractivity contribution in [3.05, 3.63) is 0 Å². The maximum atomic E-state index is 11.6. The number of carbonyl (C=O) groups excluding carboxylic acids is 1. The summed E-state index contributed by atoms with van der Waals surface area (Å²) in [7, 11) is -2.96. The van der Waals surface area contributed by atoms with Gasteiger partial charge in [-0.2, -0.15) is 8.42 Å². The highest BCUT2D eigenvalue weighted by atomic mass is 32.3. The van der Waals surface area contributed by atoms with Crippen molar-refractivity contribution in [1.29, 1.82) is 0 Å². The molecule has 6 unspecified atom stereocenters. The first-order chi connectivity index (χ1) is 14.8. The molecule has 2 saturated heterocycles. The number of carbonyl (C=O) groups is 2. The van der Waals surface area contributed by atoms with Crippen molar-refractivity contribution in [2.45, 2.75) is 68.5 Å². The first kappa shape index (κ1) is 26.7. The Labute approximate surface area is 181 Å². The Morgan fingerprint density at radius 1 is 0.906 bits per heavy atom. The normalized spacial score (nSPS) is 40.6. The second-order valence-corrected chi connectivity index (χ2v) is 7.94. The van der Waals surface area contributed by atoms with E-state index in [1.807, 2.05) is 0 Å². The summed E-state index contributed by atoms with van der Waals surface area (Å²) in [6.45, 7) is 1.09. The quantitative estimate of drug-likeness (QED) is 0.177. The summed E-state index contributed by atoms with van der Waals surface area (Å²) in [6, 6.07) is -1.37. The van der Waals surface area contributed by atoms with Crippen LogP contribution in [0.3, 0.4) is 0 Å². The van der Waals surface area contributed by atoms with Crippen LogP contribution in [0.15, 0.2) is 0 Å². The Kier molecular flexibility index (Phi) is 8.87. The number of ether oxygens (including phenoxy) is 5. The van der Waals surface area contributed by atoms with Crippen LogP contribution in [0, 0.1) is 0 Å². The smallest absolute Gasteiger partial charge is 0.399 e. The number of hydrogen-bond acceptors (Lipinski definition) is 13. The Bertz CT molecular complexity index is 777. The zero-order chi connectivity index (χ0) is 24.4. The lowest BCUT2D eigenvalue weighted by atomic mass is 9.97. The van der Waals surface area contributed by atoms with Gasteiger partial charge in [-0.1, -0.05) is 0 Å². The van der Waals surface area contributed by atoms with Gasteiger partial charge in [0.1, 0.15) is 36.6 Å². The van der Waals surface area contributed by atoms with E-state index in [-0.39, 0.29) is 0 Å². The van der Waals surface area contributed by atoms with Crippen LogP contribution >= 0.6 is 0 Å². The van der Waals surface area contributed by atoms with Crippen LogP contribution in [0.1, 0.15) is 6.92 Å². The van der Waals surface area contributed by atoms with Crippen molar-refractivity contribution in [2.75, 3.05) is 14.2 Å². The molecule has 0 aromatic carbocycles. The standard InChI is InChI=1S/C15H25NO15S/c1-4(17)16-5-9(8(20)15(30-13(5)27-3)31-32(23,24)25)28-14-7(19)6(18)10(26-2)11(29-14)12(21)22/h5-11,13-15,18-20H,1-3H3,(H,16,17)(H,21,22)(H,23,24,25)/t5?,6?,7?,8?,9?,10-,11+,13+,14+,15?/m0/s1. The summed E-state index contributed by atoms with van der Waals surface area (Å²) in [5, 5.41) is 42.8. The fourth-order valence-electron chi connectivity index (χ4n) is 3.34. The third kappa shape index (κ3) is 6.08. The molecule has 17 heteroatoms. The topological polar surface area (TPSA) is 237 Å². The minimum absolute atomic E-state index is 0.663. The molecule has 0 bridgehead atoms. The minimum atomic E-state index is -5.13. The van der Waals surface area contributed by atoms with Crippen LogP contribution in [0.2, 0.25) is 0 Å².